The first kappa shape index (κ1) is 28.1. The number of carboxylic acid groups (broad SMARTS) is 1. The van der Waals surface area contributed by atoms with Crippen LogP contribution in [0, 0.1) is 22.5 Å². The van der Waals surface area contributed by atoms with Gasteiger partial charge < -0.3 is 14.6 Å². The van der Waals surface area contributed by atoms with E-state index < -0.39 is 17.6 Å². The van der Waals surface area contributed by atoms with Gasteiger partial charge in [-0.15, -0.1) is 0 Å². The second kappa shape index (κ2) is 10.8. The molecule has 212 valence electrons. The quantitative estimate of drug-likeness (QED) is 0.276. The maximum Gasteiger partial charge on any atom is 0.303 e. The third-order valence-electron chi connectivity index (χ3n) is 9.09. The monoisotopic (exact) mass is 549 g/mol. The number of nitrogens with zero attached hydrogens (tertiary/aromatic N) is 1. The van der Waals surface area contributed by atoms with Crippen LogP contribution in [0.5, 0.6) is 11.6 Å². The van der Waals surface area contributed by atoms with Gasteiger partial charge in [-0.2, -0.15) is 0 Å². The zero-order valence-corrected chi connectivity index (χ0v) is 23.6. The second-order valence-electron chi connectivity index (χ2n) is 12.3. The van der Waals surface area contributed by atoms with Gasteiger partial charge in [0.2, 0.25) is 5.88 Å². The van der Waals surface area contributed by atoms with Gasteiger partial charge in [-0.3, -0.25) is 4.79 Å². The van der Waals surface area contributed by atoms with Crippen molar-refractivity contribution in [2.75, 3.05) is 7.11 Å². The van der Waals surface area contributed by atoms with E-state index in [0.29, 0.717) is 16.9 Å². The Balaban J connectivity index is 1.47. The average Bonchev–Trinajstić information content (AvgIpc) is 3.57. The van der Waals surface area contributed by atoms with Crippen molar-refractivity contribution in [3.8, 4) is 22.8 Å². The number of hydrogen-bond acceptors (Lipinski definition) is 4. The first-order chi connectivity index (χ1) is 19.0. The number of benzene rings is 2. The highest BCUT2D eigenvalue weighted by atomic mass is 19.1. The van der Waals surface area contributed by atoms with E-state index in [9.17, 15) is 9.90 Å². The van der Waals surface area contributed by atoms with Gasteiger partial charge in [-0.05, 0) is 89.3 Å². The van der Waals surface area contributed by atoms with Crippen LogP contribution in [0.3, 0.4) is 0 Å². The van der Waals surface area contributed by atoms with Gasteiger partial charge >= 0.3 is 5.97 Å². The Hall–Kier alpha value is -3.48. The number of carboxylic acids is 1. The van der Waals surface area contributed by atoms with Crippen LogP contribution in [0.25, 0.3) is 11.1 Å². The highest BCUT2D eigenvalue weighted by molar-refractivity contribution is 5.70. The van der Waals surface area contributed by atoms with E-state index >= 15 is 8.78 Å². The Kier molecular flexibility index (Phi) is 7.60. The Morgan fingerprint density at radius 1 is 1.07 bits per heavy atom. The minimum atomic E-state index is -0.822. The smallest absolute Gasteiger partial charge is 0.303 e. The molecule has 0 radical (unpaired) electrons. The molecule has 0 spiro atoms. The zero-order chi connectivity index (χ0) is 28.7. The minimum Gasteiger partial charge on any atom is -0.489 e. The third kappa shape index (κ3) is 5.70. The maximum atomic E-state index is 15.6. The summed E-state index contributed by atoms with van der Waals surface area (Å²) in [6.45, 7) is 6.53. The van der Waals surface area contributed by atoms with Crippen molar-refractivity contribution in [1.82, 2.24) is 4.98 Å². The molecule has 40 heavy (non-hydrogen) atoms. The van der Waals surface area contributed by atoms with E-state index in [1.807, 2.05) is 30.3 Å². The van der Waals surface area contributed by atoms with Gasteiger partial charge in [0, 0.05) is 17.2 Å². The molecule has 7 heteroatoms. The Morgan fingerprint density at radius 3 is 2.50 bits per heavy atom. The van der Waals surface area contributed by atoms with E-state index in [0.717, 1.165) is 49.4 Å². The largest absolute Gasteiger partial charge is 0.489 e. The standard InChI is InChI=1S/C33H37F2NO4/c1-32(2)10-6-9-26(32)24-14-21(28(34)15-23(24)25-16-30(39-4)36-18-29(25)35)19-40-22-8-5-7-20(13-22)27(17-31(37)38)33(3)11-12-33/h5,7-8,13-16,18,26-27H,6,9-12,17,19H2,1-4H3,(H,37,38)/t26-,27-/m1/s1. The lowest BCUT2D eigenvalue weighted by atomic mass is 9.75. The fourth-order valence-electron chi connectivity index (χ4n) is 6.38. The molecule has 5 rings (SSSR count). The molecule has 0 saturated heterocycles. The lowest BCUT2D eigenvalue weighted by Gasteiger charge is -2.30. The second-order valence-corrected chi connectivity index (χ2v) is 12.3. The predicted octanol–water partition coefficient (Wildman–Crippen LogP) is 8.27. The molecule has 2 aliphatic carbocycles. The Morgan fingerprint density at radius 2 is 1.85 bits per heavy atom. The van der Waals surface area contributed by atoms with Crippen molar-refractivity contribution in [2.45, 2.75) is 77.7 Å². The van der Waals surface area contributed by atoms with Crippen LogP contribution in [0.2, 0.25) is 0 Å². The van der Waals surface area contributed by atoms with Crippen LogP contribution in [0.4, 0.5) is 8.78 Å². The number of pyridine rings is 1. The Bertz CT molecular complexity index is 1420. The number of aliphatic carboxylic acids is 1. The molecule has 0 amide bonds. The van der Waals surface area contributed by atoms with Gasteiger partial charge in [-0.1, -0.05) is 39.3 Å². The molecule has 2 aromatic carbocycles. The van der Waals surface area contributed by atoms with Gasteiger partial charge in [0.25, 0.3) is 0 Å². The SMILES string of the molecule is COc1cc(-c2cc(F)c(COc3cccc([C@@H](CC(=O)O)C4(C)CC4)c3)cc2[C@H]2CCCC2(C)C)c(F)cn1. The number of carbonyl (C=O) groups is 1. The molecule has 1 N–H and O–H groups in total. The molecule has 1 heterocycles. The summed E-state index contributed by atoms with van der Waals surface area (Å²) >= 11 is 0. The maximum absolute atomic E-state index is 15.6. The Labute approximate surface area is 234 Å². The van der Waals surface area contributed by atoms with Gasteiger partial charge in [0.1, 0.15) is 24.0 Å². The van der Waals surface area contributed by atoms with E-state index in [2.05, 4.69) is 25.8 Å². The lowest BCUT2D eigenvalue weighted by Crippen LogP contribution is -2.17. The number of halogens is 2. The summed E-state index contributed by atoms with van der Waals surface area (Å²) in [7, 11) is 1.47. The van der Waals surface area contributed by atoms with Crippen LogP contribution in [-0.4, -0.2) is 23.2 Å². The molecule has 2 saturated carbocycles. The molecular weight excluding hydrogens is 512 g/mol. The summed E-state index contributed by atoms with van der Waals surface area (Å²) in [4.78, 5) is 15.5. The topological polar surface area (TPSA) is 68.7 Å². The fraction of sp³-hybridized carbons (Fsp3) is 0.455. The molecule has 0 bridgehead atoms. The molecule has 2 fully saturated rings. The predicted molar refractivity (Wildman–Crippen MR) is 150 cm³/mol. The van der Waals surface area contributed by atoms with E-state index in [4.69, 9.17) is 9.47 Å². The van der Waals surface area contributed by atoms with E-state index in [1.165, 1.54) is 19.2 Å². The summed E-state index contributed by atoms with van der Waals surface area (Å²) in [6.07, 6.45) is 6.18. The van der Waals surface area contributed by atoms with Gasteiger partial charge in [-0.25, -0.2) is 13.8 Å². The van der Waals surface area contributed by atoms with Crippen molar-refractivity contribution < 1.29 is 28.2 Å². The molecule has 2 atom stereocenters. The van der Waals surface area contributed by atoms with Crippen molar-refractivity contribution >= 4 is 5.97 Å². The zero-order valence-electron chi connectivity index (χ0n) is 23.6. The van der Waals surface area contributed by atoms with E-state index in [-0.39, 0.29) is 47.1 Å². The van der Waals surface area contributed by atoms with Crippen LogP contribution >= 0.6 is 0 Å². The highest BCUT2D eigenvalue weighted by Crippen LogP contribution is 2.57. The third-order valence-corrected chi connectivity index (χ3v) is 9.09. The first-order valence-electron chi connectivity index (χ1n) is 14.0. The van der Waals surface area contributed by atoms with Crippen LogP contribution in [0.1, 0.15) is 87.8 Å². The number of aromatic nitrogens is 1. The summed E-state index contributed by atoms with van der Waals surface area (Å²) in [5, 5.41) is 9.49. The summed E-state index contributed by atoms with van der Waals surface area (Å²) in [5.74, 6) is -0.978. The fourth-order valence-corrected chi connectivity index (χ4v) is 6.38. The van der Waals surface area contributed by atoms with Gasteiger partial charge in [0.15, 0.2) is 0 Å². The molecular formula is C33H37F2NO4. The van der Waals surface area contributed by atoms with Crippen LogP contribution < -0.4 is 9.47 Å². The van der Waals surface area contributed by atoms with Crippen LogP contribution in [0.15, 0.2) is 48.7 Å². The molecule has 2 aliphatic rings. The first-order valence-corrected chi connectivity index (χ1v) is 14.0. The normalized spacial score (nSPS) is 19.7. The van der Waals surface area contributed by atoms with E-state index in [1.54, 1.807) is 0 Å². The molecule has 5 nitrogen and oxygen atoms in total. The minimum absolute atomic E-state index is 0.00126. The molecule has 0 unspecified atom stereocenters. The van der Waals surface area contributed by atoms with Crippen molar-refractivity contribution in [3.63, 3.8) is 0 Å². The summed E-state index contributed by atoms with van der Waals surface area (Å²) in [6, 6.07) is 12.2. The molecule has 3 aromatic rings. The van der Waals surface area contributed by atoms with Crippen molar-refractivity contribution in [1.29, 1.82) is 0 Å². The van der Waals surface area contributed by atoms with Crippen molar-refractivity contribution in [3.05, 3.63) is 77.0 Å². The van der Waals surface area contributed by atoms with Gasteiger partial charge in [0.05, 0.1) is 19.7 Å². The average molecular weight is 550 g/mol. The number of ether oxygens (including phenoxy) is 2. The summed E-state index contributed by atoms with van der Waals surface area (Å²) in [5.41, 5.74) is 2.94. The molecule has 0 aliphatic heterocycles. The highest BCUT2D eigenvalue weighted by Gasteiger charge is 2.46. The van der Waals surface area contributed by atoms with Crippen molar-refractivity contribution in [2.24, 2.45) is 10.8 Å². The van der Waals surface area contributed by atoms with Crippen LogP contribution in [-0.2, 0) is 11.4 Å². The molecule has 1 aromatic heterocycles. The number of methoxy groups -OCH3 is 1. The number of hydrogen-bond donors (Lipinski definition) is 1. The lowest BCUT2D eigenvalue weighted by molar-refractivity contribution is -0.137. The number of rotatable bonds is 10. The summed E-state index contributed by atoms with van der Waals surface area (Å²) < 4.78 is 41.9.